The van der Waals surface area contributed by atoms with Gasteiger partial charge in [0.2, 0.25) is 0 Å². The van der Waals surface area contributed by atoms with E-state index in [4.69, 9.17) is 9.31 Å². The maximum atomic E-state index is 14.4. The Labute approximate surface area is 174 Å². The second kappa shape index (κ2) is 7.60. The zero-order valence-corrected chi connectivity index (χ0v) is 19.3. The number of nitrogens with one attached hydrogen (secondary N) is 1. The van der Waals surface area contributed by atoms with Crippen molar-refractivity contribution in [1.29, 1.82) is 0 Å². The maximum absolute atomic E-state index is 14.4. The van der Waals surface area contributed by atoms with Crippen molar-refractivity contribution >= 4 is 22.8 Å². The Kier molecular flexibility index (Phi) is 5.95. The third kappa shape index (κ3) is 4.12. The van der Waals surface area contributed by atoms with Crippen LogP contribution in [0.3, 0.4) is 0 Å². The number of hydrogen-bond acceptors (Lipinski definition) is 6. The van der Waals surface area contributed by atoms with E-state index < -0.39 is 28.5 Å². The molecule has 2 heterocycles. The molecular formula is C20H32BFN2O4S. The Hall–Kier alpha value is -0.995. The molecule has 1 N–H and O–H groups in total. The van der Waals surface area contributed by atoms with Gasteiger partial charge < -0.3 is 14.6 Å². The van der Waals surface area contributed by atoms with E-state index in [1.165, 1.54) is 0 Å². The molecule has 2 fully saturated rings. The van der Waals surface area contributed by atoms with Crippen LogP contribution in [0.2, 0.25) is 0 Å². The highest BCUT2D eigenvalue weighted by molar-refractivity contribution is 7.86. The summed E-state index contributed by atoms with van der Waals surface area (Å²) in [6.07, 6.45) is 0. The topological polar surface area (TPSA) is 67.9 Å². The number of hydrogen-bond donors (Lipinski definition) is 1. The first-order valence-electron chi connectivity index (χ1n) is 10.1. The van der Waals surface area contributed by atoms with Crippen LogP contribution in [0.4, 0.5) is 3.89 Å². The molecule has 0 bridgehead atoms. The van der Waals surface area contributed by atoms with Crippen LogP contribution in [0.5, 0.6) is 0 Å². The smallest absolute Gasteiger partial charge is 0.399 e. The third-order valence-electron chi connectivity index (χ3n) is 6.72. The second-order valence-electron chi connectivity index (χ2n) is 9.15. The standard InChI is InChI=1S/C20H32BFN2O4S/c1-13-16(12-24-10-8-23-9-11-24)14(2)18(29(22,25)26)15(3)17(13)21-27-19(4,5)20(6,7)28-21/h23H,8-12H2,1-7H3. The van der Waals surface area contributed by atoms with Crippen LogP contribution in [0.15, 0.2) is 4.90 Å². The number of halogens is 1. The highest BCUT2D eigenvalue weighted by Crippen LogP contribution is 2.38. The van der Waals surface area contributed by atoms with Crippen molar-refractivity contribution in [2.24, 2.45) is 0 Å². The van der Waals surface area contributed by atoms with Gasteiger partial charge in [-0.3, -0.25) is 4.90 Å². The minimum absolute atomic E-state index is 0.252. The normalized spacial score (nSPS) is 22.3. The fraction of sp³-hybridized carbons (Fsp3) is 0.700. The summed E-state index contributed by atoms with van der Waals surface area (Å²) in [4.78, 5) is 2.00. The minimum atomic E-state index is -4.90. The van der Waals surface area contributed by atoms with Gasteiger partial charge in [0.1, 0.15) is 4.90 Å². The van der Waals surface area contributed by atoms with Crippen molar-refractivity contribution < 1.29 is 21.6 Å². The first-order chi connectivity index (χ1) is 13.3. The quantitative estimate of drug-likeness (QED) is 0.587. The van der Waals surface area contributed by atoms with E-state index >= 15 is 0 Å². The van der Waals surface area contributed by atoms with Crippen LogP contribution in [0.1, 0.15) is 49.9 Å². The maximum Gasteiger partial charge on any atom is 0.495 e. The molecule has 29 heavy (non-hydrogen) atoms. The van der Waals surface area contributed by atoms with E-state index in [0.29, 0.717) is 23.1 Å². The van der Waals surface area contributed by atoms with E-state index in [9.17, 15) is 12.3 Å². The molecule has 162 valence electrons. The average Bonchev–Trinajstić information content (AvgIpc) is 2.78. The predicted molar refractivity (Wildman–Crippen MR) is 113 cm³/mol. The predicted octanol–water partition coefficient (Wildman–Crippen LogP) is 1.97. The van der Waals surface area contributed by atoms with Gasteiger partial charge in [-0.05, 0) is 76.2 Å². The number of piperazine rings is 1. The monoisotopic (exact) mass is 426 g/mol. The second-order valence-corrected chi connectivity index (χ2v) is 10.4. The van der Waals surface area contributed by atoms with Crippen molar-refractivity contribution in [1.82, 2.24) is 10.2 Å². The highest BCUT2D eigenvalue weighted by atomic mass is 32.3. The molecule has 6 nitrogen and oxygen atoms in total. The van der Waals surface area contributed by atoms with Gasteiger partial charge in [-0.1, -0.05) is 0 Å². The Morgan fingerprint density at radius 2 is 1.52 bits per heavy atom. The van der Waals surface area contributed by atoms with Gasteiger partial charge in [0, 0.05) is 32.7 Å². The van der Waals surface area contributed by atoms with Crippen molar-refractivity contribution in [2.45, 2.75) is 71.1 Å². The third-order valence-corrected chi connectivity index (χ3v) is 7.82. The molecule has 0 amide bonds. The van der Waals surface area contributed by atoms with Crippen molar-refractivity contribution in [3.8, 4) is 0 Å². The molecule has 0 radical (unpaired) electrons. The summed E-state index contributed by atoms with van der Waals surface area (Å²) in [6, 6.07) is 0. The summed E-state index contributed by atoms with van der Waals surface area (Å²) in [5, 5.41) is 3.31. The molecule has 2 aliphatic rings. The number of nitrogens with zero attached hydrogens (tertiary/aromatic N) is 1. The average molecular weight is 426 g/mol. The van der Waals surface area contributed by atoms with Crippen LogP contribution in [-0.2, 0) is 26.1 Å². The first-order valence-corrected chi connectivity index (χ1v) is 11.5. The Morgan fingerprint density at radius 3 is 2.00 bits per heavy atom. The SMILES string of the molecule is Cc1c(CN2CCNCC2)c(C)c(S(=O)(=O)F)c(C)c1B1OC(C)(C)C(C)(C)O1. The lowest BCUT2D eigenvalue weighted by molar-refractivity contribution is 0.00578. The summed E-state index contributed by atoms with van der Waals surface area (Å²) in [5.74, 6) is 0. The lowest BCUT2D eigenvalue weighted by Crippen LogP contribution is -2.44. The molecule has 9 heteroatoms. The van der Waals surface area contributed by atoms with Gasteiger partial charge in [0.15, 0.2) is 0 Å². The summed E-state index contributed by atoms with van der Waals surface area (Å²) in [5.41, 5.74) is 2.05. The molecule has 2 aliphatic heterocycles. The van der Waals surface area contributed by atoms with Crippen molar-refractivity contribution in [2.75, 3.05) is 26.2 Å². The lowest BCUT2D eigenvalue weighted by Gasteiger charge is -2.32. The highest BCUT2D eigenvalue weighted by Gasteiger charge is 2.53. The van der Waals surface area contributed by atoms with Crippen LogP contribution >= 0.6 is 0 Å². The molecule has 2 saturated heterocycles. The minimum Gasteiger partial charge on any atom is -0.399 e. The number of rotatable bonds is 4. The molecule has 0 aliphatic carbocycles. The summed E-state index contributed by atoms with van der Waals surface area (Å²) >= 11 is 0. The summed E-state index contributed by atoms with van der Waals surface area (Å²) in [6.45, 7) is 17.1. The van der Waals surface area contributed by atoms with E-state index in [0.717, 1.165) is 37.3 Å². The molecule has 1 aromatic carbocycles. The van der Waals surface area contributed by atoms with E-state index in [2.05, 4.69) is 10.2 Å². The van der Waals surface area contributed by atoms with E-state index in [1.807, 2.05) is 34.6 Å². The summed E-state index contributed by atoms with van der Waals surface area (Å²) < 4.78 is 50.9. The Bertz CT molecular complexity index is 896. The van der Waals surface area contributed by atoms with E-state index in [-0.39, 0.29) is 4.90 Å². The van der Waals surface area contributed by atoms with Crippen molar-refractivity contribution in [3.05, 3.63) is 22.3 Å². The first kappa shape index (κ1) is 22.7. The fourth-order valence-corrected chi connectivity index (χ4v) is 5.24. The van der Waals surface area contributed by atoms with Gasteiger partial charge in [0.05, 0.1) is 11.2 Å². The van der Waals surface area contributed by atoms with Crippen LogP contribution in [0, 0.1) is 20.8 Å². The van der Waals surface area contributed by atoms with Gasteiger partial charge in [-0.2, -0.15) is 8.42 Å². The van der Waals surface area contributed by atoms with E-state index in [1.54, 1.807) is 13.8 Å². The van der Waals surface area contributed by atoms with Crippen LogP contribution < -0.4 is 10.8 Å². The Balaban J connectivity index is 2.16. The van der Waals surface area contributed by atoms with Crippen LogP contribution in [-0.4, -0.2) is 57.8 Å². The van der Waals surface area contributed by atoms with Crippen molar-refractivity contribution in [3.63, 3.8) is 0 Å². The largest absolute Gasteiger partial charge is 0.495 e. The van der Waals surface area contributed by atoms with Crippen LogP contribution in [0.25, 0.3) is 0 Å². The molecule has 0 aromatic heterocycles. The molecule has 1 aromatic rings. The zero-order valence-electron chi connectivity index (χ0n) is 18.5. The molecule has 3 rings (SSSR count). The summed E-state index contributed by atoms with van der Waals surface area (Å²) in [7, 11) is -5.64. The van der Waals surface area contributed by atoms with Gasteiger partial charge in [0.25, 0.3) is 0 Å². The van der Waals surface area contributed by atoms with Gasteiger partial charge in [-0.15, -0.1) is 3.89 Å². The molecule has 0 saturated carbocycles. The molecule has 0 spiro atoms. The molecule has 0 atom stereocenters. The molecular weight excluding hydrogens is 394 g/mol. The lowest BCUT2D eigenvalue weighted by atomic mass is 9.71. The fourth-order valence-electron chi connectivity index (χ4n) is 4.28. The van der Waals surface area contributed by atoms with Gasteiger partial charge >= 0.3 is 17.3 Å². The number of benzene rings is 1. The van der Waals surface area contributed by atoms with Gasteiger partial charge in [-0.25, -0.2) is 0 Å². The Morgan fingerprint density at radius 1 is 1.00 bits per heavy atom. The molecule has 0 unspecified atom stereocenters. The zero-order chi connectivity index (χ0) is 21.8.